The molecule has 1 aliphatic heterocycles. The van der Waals surface area contributed by atoms with Gasteiger partial charge in [0.2, 0.25) is 5.91 Å². The molecule has 0 aromatic carbocycles. The number of carbonyl (C=O) groups is 2. The fraction of sp³-hybridized carbons (Fsp3) is 0.800. The molecule has 0 aromatic rings. The number of amides is 2. The maximum atomic E-state index is 11.4. The van der Waals surface area contributed by atoms with Crippen molar-refractivity contribution in [3.63, 3.8) is 0 Å². The van der Waals surface area contributed by atoms with Crippen LogP contribution in [0.15, 0.2) is 0 Å². The van der Waals surface area contributed by atoms with Gasteiger partial charge in [-0.15, -0.1) is 0 Å². The van der Waals surface area contributed by atoms with E-state index in [1.807, 2.05) is 11.9 Å². The largest absolute Gasteiger partial charge is 0.448 e. The van der Waals surface area contributed by atoms with E-state index in [4.69, 9.17) is 4.74 Å². The molecule has 1 aliphatic rings. The molecule has 0 radical (unpaired) electrons. The maximum absolute atomic E-state index is 11.4. The van der Waals surface area contributed by atoms with Gasteiger partial charge in [-0.1, -0.05) is 0 Å². The van der Waals surface area contributed by atoms with Crippen molar-refractivity contribution in [2.45, 2.75) is 0 Å². The number of ether oxygens (including phenoxy) is 1. The van der Waals surface area contributed by atoms with Crippen molar-refractivity contribution < 1.29 is 14.3 Å². The molecule has 6 heteroatoms. The van der Waals surface area contributed by atoms with Gasteiger partial charge >= 0.3 is 6.09 Å². The van der Waals surface area contributed by atoms with Gasteiger partial charge in [0, 0.05) is 27.2 Å². The minimum atomic E-state index is -0.257. The summed E-state index contributed by atoms with van der Waals surface area (Å²) in [6, 6.07) is 0. The minimum absolute atomic E-state index is 0.0616. The van der Waals surface area contributed by atoms with E-state index >= 15 is 0 Å². The molecular formula is C10H19N3O3. The SMILES string of the molecule is CN(CCN1CCOC1=O)CC(=O)N(C)C. The lowest BCUT2D eigenvalue weighted by Crippen LogP contribution is -2.39. The van der Waals surface area contributed by atoms with Gasteiger partial charge in [-0.25, -0.2) is 4.79 Å². The molecule has 1 rings (SSSR count). The number of hydrogen-bond acceptors (Lipinski definition) is 4. The van der Waals surface area contributed by atoms with Crippen molar-refractivity contribution in [3.8, 4) is 0 Å². The Morgan fingerprint density at radius 1 is 1.44 bits per heavy atom. The molecule has 0 atom stereocenters. The van der Waals surface area contributed by atoms with Crippen LogP contribution in [0.3, 0.4) is 0 Å². The van der Waals surface area contributed by atoms with Crippen LogP contribution >= 0.6 is 0 Å². The van der Waals surface area contributed by atoms with E-state index in [1.54, 1.807) is 23.9 Å². The summed E-state index contributed by atoms with van der Waals surface area (Å²) in [4.78, 5) is 27.6. The lowest BCUT2D eigenvalue weighted by Gasteiger charge is -2.21. The summed E-state index contributed by atoms with van der Waals surface area (Å²) in [6.07, 6.45) is -0.257. The fourth-order valence-corrected chi connectivity index (χ4v) is 1.37. The first-order chi connectivity index (χ1) is 7.50. The van der Waals surface area contributed by atoms with Crippen LogP contribution in [-0.4, -0.2) is 80.6 Å². The molecule has 0 N–H and O–H groups in total. The molecule has 0 aromatic heterocycles. The van der Waals surface area contributed by atoms with Crippen molar-refractivity contribution in [1.82, 2.24) is 14.7 Å². The van der Waals surface area contributed by atoms with Crippen LogP contribution in [0.1, 0.15) is 0 Å². The van der Waals surface area contributed by atoms with Gasteiger partial charge in [-0.05, 0) is 7.05 Å². The lowest BCUT2D eigenvalue weighted by atomic mass is 10.4. The Balaban J connectivity index is 2.22. The zero-order valence-corrected chi connectivity index (χ0v) is 10.1. The van der Waals surface area contributed by atoms with E-state index in [2.05, 4.69) is 0 Å². The Bertz CT molecular complexity index is 268. The van der Waals surface area contributed by atoms with Crippen molar-refractivity contribution in [2.75, 3.05) is 53.9 Å². The molecule has 6 nitrogen and oxygen atoms in total. The molecule has 1 fully saturated rings. The molecule has 92 valence electrons. The van der Waals surface area contributed by atoms with Crippen molar-refractivity contribution in [1.29, 1.82) is 0 Å². The zero-order valence-electron chi connectivity index (χ0n) is 10.1. The Morgan fingerprint density at radius 3 is 2.62 bits per heavy atom. The first-order valence-electron chi connectivity index (χ1n) is 5.31. The van der Waals surface area contributed by atoms with Crippen molar-refractivity contribution >= 4 is 12.0 Å². The van der Waals surface area contributed by atoms with E-state index in [1.165, 1.54) is 0 Å². The van der Waals surface area contributed by atoms with Crippen molar-refractivity contribution in [3.05, 3.63) is 0 Å². The number of carbonyl (C=O) groups excluding carboxylic acids is 2. The predicted octanol–water partition coefficient (Wildman–Crippen LogP) is -0.541. The van der Waals surface area contributed by atoms with E-state index in [0.717, 1.165) is 0 Å². The number of nitrogens with zero attached hydrogens (tertiary/aromatic N) is 3. The molecule has 0 aliphatic carbocycles. The summed E-state index contributed by atoms with van der Waals surface area (Å²) in [5.74, 6) is 0.0616. The van der Waals surface area contributed by atoms with Crippen molar-refractivity contribution in [2.24, 2.45) is 0 Å². The molecular weight excluding hydrogens is 210 g/mol. The average Bonchev–Trinajstić information content (AvgIpc) is 2.61. The molecule has 0 saturated carbocycles. The van der Waals surface area contributed by atoms with Crippen LogP contribution in [0.4, 0.5) is 4.79 Å². The van der Waals surface area contributed by atoms with Crippen LogP contribution in [0.25, 0.3) is 0 Å². The molecule has 1 saturated heterocycles. The number of cyclic esters (lactones) is 1. The smallest absolute Gasteiger partial charge is 0.409 e. The Morgan fingerprint density at radius 2 is 2.12 bits per heavy atom. The van der Waals surface area contributed by atoms with E-state index < -0.39 is 0 Å². The predicted molar refractivity (Wildman–Crippen MR) is 59.1 cm³/mol. The van der Waals surface area contributed by atoms with Crippen LogP contribution in [-0.2, 0) is 9.53 Å². The number of likely N-dealkylation sites (N-methyl/N-ethyl adjacent to an activating group) is 2. The fourth-order valence-electron chi connectivity index (χ4n) is 1.37. The second-order valence-corrected chi connectivity index (χ2v) is 4.13. The van der Waals surface area contributed by atoms with Gasteiger partial charge in [0.25, 0.3) is 0 Å². The van der Waals surface area contributed by atoms with Crippen LogP contribution in [0.5, 0.6) is 0 Å². The monoisotopic (exact) mass is 229 g/mol. The Kier molecular flexibility index (Phi) is 4.54. The normalized spacial score (nSPS) is 15.5. The van der Waals surface area contributed by atoms with Crippen LogP contribution < -0.4 is 0 Å². The van der Waals surface area contributed by atoms with Gasteiger partial charge in [0.15, 0.2) is 0 Å². The molecule has 0 unspecified atom stereocenters. The average molecular weight is 229 g/mol. The number of hydrogen-bond donors (Lipinski definition) is 0. The standard InChI is InChI=1S/C10H19N3O3/c1-11(2)9(14)8-12(3)4-5-13-6-7-16-10(13)15/h4-8H2,1-3H3. The summed E-state index contributed by atoms with van der Waals surface area (Å²) in [5, 5.41) is 0. The van der Waals surface area contributed by atoms with Gasteiger partial charge < -0.3 is 14.5 Å². The van der Waals surface area contributed by atoms with Gasteiger partial charge in [-0.3, -0.25) is 9.69 Å². The molecule has 0 spiro atoms. The Hall–Kier alpha value is -1.30. The summed E-state index contributed by atoms with van der Waals surface area (Å²) in [7, 11) is 5.32. The third-order valence-electron chi connectivity index (χ3n) is 2.50. The van der Waals surface area contributed by atoms with Gasteiger partial charge in [0.05, 0.1) is 13.1 Å². The van der Waals surface area contributed by atoms with E-state index in [-0.39, 0.29) is 12.0 Å². The number of rotatable bonds is 5. The second kappa shape index (κ2) is 5.69. The van der Waals surface area contributed by atoms with Crippen LogP contribution in [0, 0.1) is 0 Å². The Labute approximate surface area is 95.7 Å². The first kappa shape index (κ1) is 12.8. The first-order valence-corrected chi connectivity index (χ1v) is 5.31. The van der Waals surface area contributed by atoms with E-state index in [9.17, 15) is 9.59 Å². The second-order valence-electron chi connectivity index (χ2n) is 4.13. The van der Waals surface area contributed by atoms with E-state index in [0.29, 0.717) is 32.8 Å². The lowest BCUT2D eigenvalue weighted by molar-refractivity contribution is -0.129. The third-order valence-corrected chi connectivity index (χ3v) is 2.50. The quantitative estimate of drug-likeness (QED) is 0.635. The highest BCUT2D eigenvalue weighted by Crippen LogP contribution is 2.02. The molecule has 16 heavy (non-hydrogen) atoms. The summed E-state index contributed by atoms with van der Waals surface area (Å²) in [6.45, 7) is 2.77. The summed E-state index contributed by atoms with van der Waals surface area (Å²) in [5.41, 5.74) is 0. The highest BCUT2D eigenvalue weighted by atomic mass is 16.6. The highest BCUT2D eigenvalue weighted by molar-refractivity contribution is 5.77. The minimum Gasteiger partial charge on any atom is -0.448 e. The molecule has 0 bridgehead atoms. The summed E-state index contributed by atoms with van der Waals surface area (Å²) < 4.78 is 4.81. The highest BCUT2D eigenvalue weighted by Gasteiger charge is 2.21. The zero-order chi connectivity index (χ0) is 12.1. The molecule has 1 heterocycles. The maximum Gasteiger partial charge on any atom is 0.409 e. The van der Waals surface area contributed by atoms with Gasteiger partial charge in [-0.2, -0.15) is 0 Å². The van der Waals surface area contributed by atoms with Gasteiger partial charge in [0.1, 0.15) is 6.61 Å². The summed E-state index contributed by atoms with van der Waals surface area (Å²) >= 11 is 0. The molecule has 2 amide bonds. The topological polar surface area (TPSA) is 53.1 Å². The van der Waals surface area contributed by atoms with Crippen LogP contribution in [0.2, 0.25) is 0 Å². The third kappa shape index (κ3) is 3.69.